The summed E-state index contributed by atoms with van der Waals surface area (Å²) in [6.07, 6.45) is 0. The van der Waals surface area contributed by atoms with E-state index in [-0.39, 0.29) is 0 Å². The lowest BCUT2D eigenvalue weighted by Gasteiger charge is -2.20. The van der Waals surface area contributed by atoms with Crippen molar-refractivity contribution in [3.05, 3.63) is 0 Å². The average molecular weight is 453 g/mol. The van der Waals surface area contributed by atoms with Gasteiger partial charge in [-0.15, -0.1) is 0 Å². The number of nitrogens with zero attached hydrogens (tertiary/aromatic N) is 8. The number of anilines is 4. The van der Waals surface area contributed by atoms with E-state index in [1.807, 2.05) is 13.8 Å². The number of rotatable bonds is 13. The van der Waals surface area contributed by atoms with Gasteiger partial charge in [-0.1, -0.05) is 0 Å². The molecule has 166 valence electrons. The molecule has 0 atom stereocenters. The summed E-state index contributed by atoms with van der Waals surface area (Å²) in [5, 5.41) is 7.60. The van der Waals surface area contributed by atoms with Crippen LogP contribution in [0.1, 0.15) is 41.5 Å². The van der Waals surface area contributed by atoms with E-state index in [1.165, 1.54) is 21.6 Å². The highest BCUT2D eigenvalue weighted by Crippen LogP contribution is 2.35. The quantitative estimate of drug-likeness (QED) is 0.435. The van der Waals surface area contributed by atoms with Crippen LogP contribution in [-0.2, 0) is 0 Å². The second-order valence-corrected chi connectivity index (χ2v) is 8.12. The first-order valence-electron chi connectivity index (χ1n) is 10.4. The number of nitrogens with one attached hydrogen (secondary N) is 2. The Balaban J connectivity index is 2.28. The molecule has 30 heavy (non-hydrogen) atoms. The normalized spacial score (nSPS) is 10.7. The van der Waals surface area contributed by atoms with E-state index >= 15 is 0 Å². The maximum Gasteiger partial charge on any atom is 0.231 e. The highest BCUT2D eigenvalue weighted by molar-refractivity contribution is 8.76. The second-order valence-electron chi connectivity index (χ2n) is 6.06. The summed E-state index contributed by atoms with van der Waals surface area (Å²) < 4.78 is 0. The molecule has 0 fully saturated rings. The molecular weight excluding hydrogens is 420 g/mol. The highest BCUT2D eigenvalue weighted by atomic mass is 33.1. The molecule has 2 N–H and O–H groups in total. The third-order valence-corrected chi connectivity index (χ3v) is 6.05. The van der Waals surface area contributed by atoms with Crippen LogP contribution < -0.4 is 20.4 Å². The van der Waals surface area contributed by atoms with Crippen LogP contribution in [0.4, 0.5) is 23.8 Å². The van der Waals surface area contributed by atoms with Gasteiger partial charge in [-0.25, -0.2) is 0 Å². The minimum atomic E-state index is 0.574. The van der Waals surface area contributed by atoms with Crippen molar-refractivity contribution in [2.24, 2.45) is 0 Å². The minimum Gasteiger partial charge on any atom is -0.354 e. The van der Waals surface area contributed by atoms with Gasteiger partial charge in [0.1, 0.15) is 0 Å². The molecular formula is C18H32N10S2. The van der Waals surface area contributed by atoms with Gasteiger partial charge in [0.15, 0.2) is 0 Å². The predicted molar refractivity (Wildman–Crippen MR) is 127 cm³/mol. The third kappa shape index (κ3) is 6.73. The van der Waals surface area contributed by atoms with E-state index in [9.17, 15) is 0 Å². The van der Waals surface area contributed by atoms with Crippen LogP contribution in [0.25, 0.3) is 0 Å². The van der Waals surface area contributed by atoms with E-state index in [0.717, 1.165) is 39.3 Å². The molecule has 0 spiro atoms. The number of hydrogen-bond acceptors (Lipinski definition) is 12. The molecule has 0 aromatic carbocycles. The van der Waals surface area contributed by atoms with E-state index < -0.39 is 0 Å². The Morgan fingerprint density at radius 2 is 0.933 bits per heavy atom. The Morgan fingerprint density at radius 3 is 1.23 bits per heavy atom. The molecule has 0 saturated carbocycles. The Kier molecular flexibility index (Phi) is 10.1. The molecule has 0 saturated heterocycles. The standard InChI is InChI=1S/C18H32N10S2/c1-7-19-13-21-15(27(9-3)10-4)25-17(23-13)29-30-18-24-14(20-8-2)22-16(26-18)28(11-5)12-6/h7-12H2,1-6H3,(H,19,21,23,25)(H,20,22,24,26). The van der Waals surface area contributed by atoms with E-state index in [2.05, 4.69) is 78.0 Å². The van der Waals surface area contributed by atoms with Gasteiger partial charge in [-0.3, -0.25) is 0 Å². The van der Waals surface area contributed by atoms with Crippen LogP contribution in [0.15, 0.2) is 10.3 Å². The molecule has 0 bridgehead atoms. The summed E-state index contributed by atoms with van der Waals surface area (Å²) in [6, 6.07) is 0. The first-order chi connectivity index (χ1) is 14.6. The molecule has 0 amide bonds. The summed E-state index contributed by atoms with van der Waals surface area (Å²) in [6.45, 7) is 17.2. The Bertz CT molecular complexity index is 718. The SMILES string of the molecule is CCNc1nc(SSc2nc(NCC)nc(N(CC)CC)n2)nc(N(CC)CC)n1. The zero-order valence-electron chi connectivity index (χ0n) is 18.6. The van der Waals surface area contributed by atoms with Crippen molar-refractivity contribution in [2.45, 2.75) is 51.9 Å². The number of aromatic nitrogens is 6. The minimum absolute atomic E-state index is 0.574. The summed E-state index contributed by atoms with van der Waals surface area (Å²) in [5.74, 6) is 2.49. The lowest BCUT2D eigenvalue weighted by atomic mass is 10.5. The van der Waals surface area contributed by atoms with Crippen LogP contribution in [0.2, 0.25) is 0 Å². The van der Waals surface area contributed by atoms with Crippen molar-refractivity contribution in [3.8, 4) is 0 Å². The van der Waals surface area contributed by atoms with Gasteiger partial charge in [0.2, 0.25) is 34.1 Å². The first kappa shape index (κ1) is 24.2. The molecule has 0 aliphatic heterocycles. The van der Waals surface area contributed by atoms with Crippen LogP contribution in [0.5, 0.6) is 0 Å². The van der Waals surface area contributed by atoms with Crippen molar-refractivity contribution >= 4 is 45.4 Å². The fourth-order valence-corrected chi connectivity index (χ4v) is 4.14. The molecule has 0 aliphatic carbocycles. The monoisotopic (exact) mass is 452 g/mol. The first-order valence-corrected chi connectivity index (χ1v) is 12.6. The van der Waals surface area contributed by atoms with Crippen LogP contribution in [0, 0.1) is 0 Å². The average Bonchev–Trinajstić information content (AvgIpc) is 2.74. The predicted octanol–water partition coefficient (Wildman–Crippen LogP) is 3.41. The van der Waals surface area contributed by atoms with E-state index in [4.69, 9.17) is 0 Å². The molecule has 2 aromatic heterocycles. The Hall–Kier alpha value is -2.08. The topological polar surface area (TPSA) is 108 Å². The molecule has 2 rings (SSSR count). The van der Waals surface area contributed by atoms with Crippen molar-refractivity contribution < 1.29 is 0 Å². The van der Waals surface area contributed by atoms with Gasteiger partial charge >= 0.3 is 0 Å². The smallest absolute Gasteiger partial charge is 0.231 e. The molecule has 10 nitrogen and oxygen atoms in total. The molecule has 0 radical (unpaired) electrons. The molecule has 2 heterocycles. The third-order valence-electron chi connectivity index (χ3n) is 4.16. The van der Waals surface area contributed by atoms with Gasteiger partial charge in [0.25, 0.3) is 0 Å². The molecule has 0 unspecified atom stereocenters. The van der Waals surface area contributed by atoms with E-state index in [1.54, 1.807) is 0 Å². The van der Waals surface area contributed by atoms with Gasteiger partial charge in [0.05, 0.1) is 0 Å². The van der Waals surface area contributed by atoms with Crippen molar-refractivity contribution in [1.82, 2.24) is 29.9 Å². The van der Waals surface area contributed by atoms with Crippen LogP contribution >= 0.6 is 21.6 Å². The molecule has 0 aliphatic rings. The summed E-state index contributed by atoms with van der Waals surface area (Å²) >= 11 is 0. The second kappa shape index (κ2) is 12.6. The largest absolute Gasteiger partial charge is 0.354 e. The van der Waals surface area contributed by atoms with E-state index in [0.29, 0.717) is 34.1 Å². The molecule has 2 aromatic rings. The van der Waals surface area contributed by atoms with Crippen molar-refractivity contribution in [2.75, 3.05) is 59.7 Å². The fraction of sp³-hybridized carbons (Fsp3) is 0.667. The maximum atomic E-state index is 4.63. The highest BCUT2D eigenvalue weighted by Gasteiger charge is 2.15. The van der Waals surface area contributed by atoms with Gasteiger partial charge < -0.3 is 20.4 Å². The number of hydrogen-bond donors (Lipinski definition) is 2. The Morgan fingerprint density at radius 1 is 0.567 bits per heavy atom. The maximum absolute atomic E-state index is 4.63. The summed E-state index contributed by atoms with van der Waals surface area (Å²) in [5.41, 5.74) is 0. The van der Waals surface area contributed by atoms with Gasteiger partial charge in [0, 0.05) is 39.3 Å². The summed E-state index contributed by atoms with van der Waals surface area (Å²) in [4.78, 5) is 31.6. The van der Waals surface area contributed by atoms with Crippen LogP contribution in [-0.4, -0.2) is 69.2 Å². The summed E-state index contributed by atoms with van der Waals surface area (Å²) in [7, 11) is 2.83. The van der Waals surface area contributed by atoms with Crippen LogP contribution in [0.3, 0.4) is 0 Å². The van der Waals surface area contributed by atoms with Gasteiger partial charge in [-0.2, -0.15) is 29.9 Å². The molecule has 12 heteroatoms. The van der Waals surface area contributed by atoms with Crippen molar-refractivity contribution in [3.63, 3.8) is 0 Å². The Labute approximate surface area is 186 Å². The lowest BCUT2D eigenvalue weighted by Crippen LogP contribution is -2.25. The van der Waals surface area contributed by atoms with Crippen molar-refractivity contribution in [1.29, 1.82) is 0 Å². The zero-order valence-corrected chi connectivity index (χ0v) is 20.3. The zero-order chi connectivity index (χ0) is 21.9. The van der Waals surface area contributed by atoms with Gasteiger partial charge in [-0.05, 0) is 63.1 Å². The lowest BCUT2D eigenvalue weighted by molar-refractivity contribution is 0.782. The fourth-order valence-electron chi connectivity index (χ4n) is 2.61.